The molecule has 0 spiro atoms. The highest BCUT2D eigenvalue weighted by atomic mass is 32.2. The highest BCUT2D eigenvalue weighted by molar-refractivity contribution is 7.89. The average Bonchev–Trinajstić information content (AvgIpc) is 2.60. The number of halogens is 2. The first kappa shape index (κ1) is 20.2. The van der Waals surface area contributed by atoms with Gasteiger partial charge < -0.3 is 4.74 Å². The van der Waals surface area contributed by atoms with E-state index in [1.165, 1.54) is 50.2 Å². The number of nitrogens with zero attached hydrogens (tertiary/aromatic N) is 2. The Morgan fingerprint density at radius 3 is 2.41 bits per heavy atom. The quantitative estimate of drug-likeness (QED) is 0.437. The van der Waals surface area contributed by atoms with Crippen molar-refractivity contribution in [3.05, 3.63) is 63.7 Å². The van der Waals surface area contributed by atoms with E-state index in [0.29, 0.717) is 11.1 Å². The second-order valence-electron chi connectivity index (χ2n) is 5.40. The van der Waals surface area contributed by atoms with E-state index in [0.717, 1.165) is 6.07 Å². The highest BCUT2D eigenvalue weighted by Crippen LogP contribution is 2.22. The van der Waals surface area contributed by atoms with Gasteiger partial charge in [-0.1, -0.05) is 6.07 Å². The lowest BCUT2D eigenvalue weighted by Gasteiger charge is -2.07. The molecule has 0 saturated carbocycles. The number of sulfonamides is 1. The fourth-order valence-electron chi connectivity index (χ4n) is 2.08. The van der Waals surface area contributed by atoms with E-state index < -0.39 is 21.6 Å². The molecule has 0 heterocycles. The first-order valence-corrected chi connectivity index (χ1v) is 8.95. The first-order valence-electron chi connectivity index (χ1n) is 7.46. The molecular formula is C16H15F2N3O5S. The van der Waals surface area contributed by atoms with Crippen LogP contribution in [-0.2, 0) is 10.0 Å². The Morgan fingerprint density at radius 1 is 1.22 bits per heavy atom. The number of hydrogen-bond acceptors (Lipinski definition) is 6. The Bertz CT molecular complexity index is 976. The second-order valence-corrected chi connectivity index (χ2v) is 7.06. The molecule has 27 heavy (non-hydrogen) atoms. The zero-order valence-corrected chi connectivity index (χ0v) is 15.0. The number of nitro groups is 1. The molecule has 0 bridgehead atoms. The topological polar surface area (TPSA) is 111 Å². The van der Waals surface area contributed by atoms with E-state index >= 15 is 0 Å². The third kappa shape index (κ3) is 5.20. The van der Waals surface area contributed by atoms with Crippen LogP contribution in [0.15, 0.2) is 52.5 Å². The van der Waals surface area contributed by atoms with Crippen molar-refractivity contribution in [2.45, 2.75) is 25.4 Å². The molecule has 0 unspecified atom stereocenters. The fourth-order valence-corrected chi connectivity index (χ4v) is 2.95. The van der Waals surface area contributed by atoms with Gasteiger partial charge in [-0.15, -0.1) is 0 Å². The zero-order valence-electron chi connectivity index (χ0n) is 14.2. The summed E-state index contributed by atoms with van der Waals surface area (Å²) in [5.41, 5.74) is 0.718. The van der Waals surface area contributed by atoms with E-state index in [4.69, 9.17) is 0 Å². The first-order chi connectivity index (χ1) is 12.6. The van der Waals surface area contributed by atoms with Crippen LogP contribution in [0.4, 0.5) is 14.5 Å². The molecule has 0 saturated heterocycles. The van der Waals surface area contributed by atoms with Crippen molar-refractivity contribution in [1.29, 1.82) is 0 Å². The molecule has 0 amide bonds. The van der Waals surface area contributed by atoms with E-state index in [1.807, 2.05) is 4.83 Å². The molecule has 0 radical (unpaired) electrons. The van der Waals surface area contributed by atoms with Gasteiger partial charge in [-0.25, -0.2) is 0 Å². The average molecular weight is 399 g/mol. The predicted molar refractivity (Wildman–Crippen MR) is 93.4 cm³/mol. The third-order valence-corrected chi connectivity index (χ3v) is 4.72. The summed E-state index contributed by atoms with van der Waals surface area (Å²) in [6.07, 6.45) is 0. The summed E-state index contributed by atoms with van der Waals surface area (Å²) in [7, 11) is -4.13. The van der Waals surface area contributed by atoms with Crippen LogP contribution in [0.25, 0.3) is 0 Å². The third-order valence-electron chi connectivity index (χ3n) is 3.52. The van der Waals surface area contributed by atoms with Gasteiger partial charge in [-0.3, -0.25) is 10.1 Å². The number of nitrogens with one attached hydrogen (secondary N) is 1. The highest BCUT2D eigenvalue weighted by Gasteiger charge is 2.19. The van der Waals surface area contributed by atoms with Crippen LogP contribution in [0.5, 0.6) is 5.75 Å². The molecular weight excluding hydrogens is 384 g/mol. The summed E-state index contributed by atoms with van der Waals surface area (Å²) in [5, 5.41) is 14.7. The van der Waals surface area contributed by atoms with Crippen molar-refractivity contribution >= 4 is 21.4 Å². The Labute approximate surface area is 153 Å². The minimum atomic E-state index is -4.13. The zero-order chi connectivity index (χ0) is 20.2. The Kier molecular flexibility index (Phi) is 6.05. The standard InChI is InChI=1S/C16H15F2N3O5S/c1-10-3-8-14(9-15(10)21(22)23)27(24,25)20-19-11(2)12-4-6-13(7-5-12)26-16(17)18/h3-9,16,20H,1-2H3/b19-11-. The summed E-state index contributed by atoms with van der Waals surface area (Å²) in [6.45, 7) is 0.0466. The van der Waals surface area contributed by atoms with E-state index in [2.05, 4.69) is 9.84 Å². The van der Waals surface area contributed by atoms with Gasteiger partial charge >= 0.3 is 6.61 Å². The fraction of sp³-hybridized carbons (Fsp3) is 0.188. The van der Waals surface area contributed by atoms with E-state index in [-0.39, 0.29) is 22.0 Å². The van der Waals surface area contributed by atoms with Crippen molar-refractivity contribution in [2.75, 3.05) is 0 Å². The van der Waals surface area contributed by atoms with Gasteiger partial charge in [-0.2, -0.15) is 27.1 Å². The predicted octanol–water partition coefficient (Wildman–Crippen LogP) is 3.21. The lowest BCUT2D eigenvalue weighted by molar-refractivity contribution is -0.385. The molecule has 2 aromatic rings. The smallest absolute Gasteiger partial charge is 0.387 e. The minimum Gasteiger partial charge on any atom is -0.435 e. The Hall–Kier alpha value is -3.08. The molecule has 11 heteroatoms. The number of rotatable bonds is 7. The van der Waals surface area contributed by atoms with Gasteiger partial charge in [0.25, 0.3) is 15.7 Å². The minimum absolute atomic E-state index is 0.0471. The summed E-state index contributed by atoms with van der Waals surface area (Å²) < 4.78 is 53.1. The molecule has 0 aliphatic heterocycles. The summed E-state index contributed by atoms with van der Waals surface area (Å²) >= 11 is 0. The van der Waals surface area contributed by atoms with Gasteiger partial charge in [0.05, 0.1) is 15.5 Å². The normalized spacial score (nSPS) is 12.1. The summed E-state index contributed by atoms with van der Waals surface area (Å²) in [4.78, 5) is 12.0. The van der Waals surface area contributed by atoms with Gasteiger partial charge in [-0.05, 0) is 49.7 Å². The maximum atomic E-state index is 12.3. The lowest BCUT2D eigenvalue weighted by atomic mass is 10.1. The number of alkyl halides is 2. The molecule has 144 valence electrons. The van der Waals surface area contributed by atoms with Crippen LogP contribution in [0.1, 0.15) is 18.1 Å². The molecule has 2 aromatic carbocycles. The van der Waals surface area contributed by atoms with E-state index in [9.17, 15) is 27.3 Å². The molecule has 0 aliphatic rings. The van der Waals surface area contributed by atoms with Crippen LogP contribution in [-0.4, -0.2) is 25.7 Å². The largest absolute Gasteiger partial charge is 0.435 e. The molecule has 0 fully saturated rings. The van der Waals surface area contributed by atoms with Crippen LogP contribution >= 0.6 is 0 Å². The van der Waals surface area contributed by atoms with Crippen LogP contribution in [0.3, 0.4) is 0 Å². The van der Waals surface area contributed by atoms with Crippen molar-refractivity contribution in [3.63, 3.8) is 0 Å². The SMILES string of the molecule is C/C(=N/NS(=O)(=O)c1ccc(C)c([N+](=O)[O-])c1)c1ccc(OC(F)F)cc1. The Morgan fingerprint density at radius 2 is 1.85 bits per heavy atom. The van der Waals surface area contributed by atoms with Gasteiger partial charge in [0.1, 0.15) is 5.75 Å². The Balaban J connectivity index is 2.20. The number of benzene rings is 2. The number of hydrogen-bond donors (Lipinski definition) is 1. The molecule has 0 atom stereocenters. The maximum Gasteiger partial charge on any atom is 0.387 e. The van der Waals surface area contributed by atoms with Crippen molar-refractivity contribution in [1.82, 2.24) is 4.83 Å². The van der Waals surface area contributed by atoms with Crippen LogP contribution in [0.2, 0.25) is 0 Å². The van der Waals surface area contributed by atoms with E-state index in [1.54, 1.807) is 0 Å². The second kappa shape index (κ2) is 8.08. The van der Waals surface area contributed by atoms with Crippen LogP contribution < -0.4 is 9.57 Å². The molecule has 8 nitrogen and oxygen atoms in total. The number of hydrazone groups is 1. The van der Waals surface area contributed by atoms with Crippen molar-refractivity contribution < 1.29 is 26.9 Å². The molecule has 0 aromatic heterocycles. The number of aryl methyl sites for hydroxylation is 1. The maximum absolute atomic E-state index is 12.3. The van der Waals surface area contributed by atoms with Gasteiger partial charge in [0.15, 0.2) is 0 Å². The molecule has 2 rings (SSSR count). The van der Waals surface area contributed by atoms with Gasteiger partial charge in [0, 0.05) is 11.6 Å². The summed E-state index contributed by atoms with van der Waals surface area (Å²) in [5.74, 6) is -0.0471. The molecule has 0 aliphatic carbocycles. The number of nitro benzene ring substituents is 1. The summed E-state index contributed by atoms with van der Waals surface area (Å²) in [6, 6.07) is 8.94. The van der Waals surface area contributed by atoms with Crippen molar-refractivity contribution in [3.8, 4) is 5.75 Å². The molecule has 1 N–H and O–H groups in total. The van der Waals surface area contributed by atoms with Crippen molar-refractivity contribution in [2.24, 2.45) is 5.10 Å². The monoisotopic (exact) mass is 399 g/mol. The van der Waals surface area contributed by atoms with Crippen LogP contribution in [0, 0.1) is 17.0 Å². The van der Waals surface area contributed by atoms with Gasteiger partial charge in [0.2, 0.25) is 0 Å². The number of ether oxygens (including phenoxy) is 1. The lowest BCUT2D eigenvalue weighted by Crippen LogP contribution is -2.20.